The smallest absolute Gasteiger partial charge is 0.220 e. The average molecular weight is 246 g/mol. The van der Waals surface area contributed by atoms with E-state index in [-0.39, 0.29) is 5.91 Å². The van der Waals surface area contributed by atoms with Gasteiger partial charge >= 0.3 is 0 Å². The maximum absolute atomic E-state index is 11.5. The van der Waals surface area contributed by atoms with Crippen molar-refractivity contribution in [3.8, 4) is 6.07 Å². The first-order valence-corrected chi connectivity index (χ1v) is 6.09. The third kappa shape index (κ3) is 5.46. The second-order valence-corrected chi connectivity index (χ2v) is 3.89. The van der Waals surface area contributed by atoms with Crippen LogP contribution in [0.1, 0.15) is 30.9 Å². The van der Waals surface area contributed by atoms with Crippen molar-refractivity contribution < 1.29 is 9.53 Å². The van der Waals surface area contributed by atoms with Crippen LogP contribution in [0.2, 0.25) is 0 Å². The van der Waals surface area contributed by atoms with Gasteiger partial charge < -0.3 is 10.1 Å². The molecule has 0 aromatic heterocycles. The quantitative estimate of drug-likeness (QED) is 0.748. The number of ether oxygens (including phenoxy) is 1. The minimum Gasteiger partial charge on any atom is -0.382 e. The standard InChI is InChI=1S/C14H18N2O2/c1-2-18-8-4-7-14(17)16-11-13-6-3-5-12(9-13)10-15/h3,5-6,9H,2,4,7-8,11H2,1H3,(H,16,17). The summed E-state index contributed by atoms with van der Waals surface area (Å²) in [4.78, 5) is 11.5. The third-order valence-corrected chi connectivity index (χ3v) is 2.44. The first-order chi connectivity index (χ1) is 8.76. The Morgan fingerprint density at radius 1 is 1.50 bits per heavy atom. The molecule has 1 rings (SSSR count). The van der Waals surface area contributed by atoms with E-state index in [1.165, 1.54) is 0 Å². The Kier molecular flexibility index (Phi) is 6.52. The zero-order chi connectivity index (χ0) is 13.2. The highest BCUT2D eigenvalue weighted by Gasteiger charge is 2.01. The molecule has 0 aliphatic rings. The van der Waals surface area contributed by atoms with Gasteiger partial charge in [0.15, 0.2) is 0 Å². The molecule has 0 radical (unpaired) electrons. The average Bonchev–Trinajstić information content (AvgIpc) is 2.41. The second kappa shape index (κ2) is 8.26. The molecule has 1 amide bonds. The SMILES string of the molecule is CCOCCCC(=O)NCc1cccc(C#N)c1. The molecule has 96 valence electrons. The van der Waals surface area contributed by atoms with Gasteiger partial charge in [-0.15, -0.1) is 0 Å². The molecule has 1 N–H and O–H groups in total. The van der Waals surface area contributed by atoms with Gasteiger partial charge in [0.25, 0.3) is 0 Å². The molecule has 0 saturated heterocycles. The Bertz CT molecular complexity index is 424. The number of benzene rings is 1. The number of carbonyl (C=O) groups is 1. The largest absolute Gasteiger partial charge is 0.382 e. The Labute approximate surface area is 108 Å². The van der Waals surface area contributed by atoms with Gasteiger partial charge in [-0.3, -0.25) is 4.79 Å². The number of hydrogen-bond acceptors (Lipinski definition) is 3. The number of carbonyl (C=O) groups excluding carboxylic acids is 1. The molecule has 0 aliphatic carbocycles. The summed E-state index contributed by atoms with van der Waals surface area (Å²) >= 11 is 0. The lowest BCUT2D eigenvalue weighted by molar-refractivity contribution is -0.121. The third-order valence-electron chi connectivity index (χ3n) is 2.44. The van der Waals surface area contributed by atoms with Crippen molar-refractivity contribution in [3.05, 3.63) is 35.4 Å². The summed E-state index contributed by atoms with van der Waals surface area (Å²) in [5, 5.41) is 11.6. The summed E-state index contributed by atoms with van der Waals surface area (Å²) in [6.45, 7) is 3.70. The fourth-order valence-corrected chi connectivity index (χ4v) is 1.52. The molecule has 0 aliphatic heterocycles. The maximum atomic E-state index is 11.5. The lowest BCUT2D eigenvalue weighted by atomic mass is 10.1. The molecule has 18 heavy (non-hydrogen) atoms. The van der Waals surface area contributed by atoms with Crippen LogP contribution in [0.25, 0.3) is 0 Å². The van der Waals surface area contributed by atoms with Crippen molar-refractivity contribution in [2.24, 2.45) is 0 Å². The van der Waals surface area contributed by atoms with E-state index in [0.29, 0.717) is 31.7 Å². The van der Waals surface area contributed by atoms with Gasteiger partial charge in [-0.25, -0.2) is 0 Å². The zero-order valence-electron chi connectivity index (χ0n) is 10.6. The van der Waals surface area contributed by atoms with Crippen LogP contribution in [-0.2, 0) is 16.1 Å². The molecular formula is C14H18N2O2. The van der Waals surface area contributed by atoms with Crippen LogP contribution in [0.5, 0.6) is 0 Å². The monoisotopic (exact) mass is 246 g/mol. The highest BCUT2D eigenvalue weighted by atomic mass is 16.5. The lowest BCUT2D eigenvalue weighted by Crippen LogP contribution is -2.22. The van der Waals surface area contributed by atoms with Crippen LogP contribution in [0.3, 0.4) is 0 Å². The van der Waals surface area contributed by atoms with Gasteiger partial charge in [0.05, 0.1) is 11.6 Å². The molecule has 0 saturated carbocycles. The summed E-state index contributed by atoms with van der Waals surface area (Å²) < 4.78 is 5.16. The molecule has 1 aromatic carbocycles. The van der Waals surface area contributed by atoms with E-state index in [2.05, 4.69) is 11.4 Å². The molecule has 0 spiro atoms. The van der Waals surface area contributed by atoms with E-state index in [4.69, 9.17) is 10.00 Å². The van der Waals surface area contributed by atoms with Crippen LogP contribution in [0.15, 0.2) is 24.3 Å². The summed E-state index contributed by atoms with van der Waals surface area (Å²) in [6.07, 6.45) is 1.20. The fraction of sp³-hybridized carbons (Fsp3) is 0.429. The van der Waals surface area contributed by atoms with Crippen LogP contribution < -0.4 is 5.32 Å². The maximum Gasteiger partial charge on any atom is 0.220 e. The number of hydrogen-bond donors (Lipinski definition) is 1. The molecule has 0 heterocycles. The molecule has 0 atom stereocenters. The van der Waals surface area contributed by atoms with Gasteiger partial charge in [-0.1, -0.05) is 12.1 Å². The Morgan fingerprint density at radius 2 is 2.33 bits per heavy atom. The van der Waals surface area contributed by atoms with Crippen molar-refractivity contribution in [1.82, 2.24) is 5.32 Å². The summed E-state index contributed by atoms with van der Waals surface area (Å²) in [7, 11) is 0. The van der Waals surface area contributed by atoms with E-state index in [1.807, 2.05) is 19.1 Å². The zero-order valence-corrected chi connectivity index (χ0v) is 10.6. The number of nitrogens with zero attached hydrogens (tertiary/aromatic N) is 1. The number of amides is 1. The van der Waals surface area contributed by atoms with E-state index in [1.54, 1.807) is 12.1 Å². The highest BCUT2D eigenvalue weighted by molar-refractivity contribution is 5.75. The molecule has 4 nitrogen and oxygen atoms in total. The van der Waals surface area contributed by atoms with Gasteiger partial charge in [0, 0.05) is 26.2 Å². The van der Waals surface area contributed by atoms with Crippen LogP contribution in [0, 0.1) is 11.3 Å². The Balaban J connectivity index is 2.27. The van der Waals surface area contributed by atoms with Crippen LogP contribution >= 0.6 is 0 Å². The fourth-order valence-electron chi connectivity index (χ4n) is 1.52. The van der Waals surface area contributed by atoms with Crippen LogP contribution in [-0.4, -0.2) is 19.1 Å². The Hall–Kier alpha value is -1.86. The first-order valence-electron chi connectivity index (χ1n) is 6.09. The molecule has 4 heteroatoms. The van der Waals surface area contributed by atoms with E-state index >= 15 is 0 Å². The first kappa shape index (κ1) is 14.2. The number of nitrogens with one attached hydrogen (secondary N) is 1. The number of nitriles is 1. The minimum atomic E-state index is 0.0112. The van der Waals surface area contributed by atoms with E-state index in [9.17, 15) is 4.79 Å². The predicted molar refractivity (Wildman–Crippen MR) is 68.7 cm³/mol. The Morgan fingerprint density at radius 3 is 3.06 bits per heavy atom. The number of rotatable bonds is 7. The summed E-state index contributed by atoms with van der Waals surface area (Å²) in [5.41, 5.74) is 1.55. The summed E-state index contributed by atoms with van der Waals surface area (Å²) in [6, 6.07) is 9.30. The van der Waals surface area contributed by atoms with E-state index in [0.717, 1.165) is 12.0 Å². The molecule has 0 unspecified atom stereocenters. The van der Waals surface area contributed by atoms with E-state index < -0.39 is 0 Å². The predicted octanol–water partition coefficient (Wildman–Crippen LogP) is 1.99. The minimum absolute atomic E-state index is 0.0112. The van der Waals surface area contributed by atoms with Crippen molar-refractivity contribution in [2.75, 3.05) is 13.2 Å². The normalized spacial score (nSPS) is 9.78. The van der Waals surface area contributed by atoms with Gasteiger partial charge in [-0.2, -0.15) is 5.26 Å². The molecule has 0 bridgehead atoms. The lowest BCUT2D eigenvalue weighted by Gasteiger charge is -2.05. The van der Waals surface area contributed by atoms with Crippen molar-refractivity contribution >= 4 is 5.91 Å². The topological polar surface area (TPSA) is 62.1 Å². The van der Waals surface area contributed by atoms with Crippen molar-refractivity contribution in [1.29, 1.82) is 5.26 Å². The van der Waals surface area contributed by atoms with Gasteiger partial charge in [-0.05, 0) is 31.0 Å². The van der Waals surface area contributed by atoms with Crippen molar-refractivity contribution in [3.63, 3.8) is 0 Å². The highest BCUT2D eigenvalue weighted by Crippen LogP contribution is 2.03. The molecular weight excluding hydrogens is 228 g/mol. The van der Waals surface area contributed by atoms with Crippen LogP contribution in [0.4, 0.5) is 0 Å². The molecule has 1 aromatic rings. The second-order valence-electron chi connectivity index (χ2n) is 3.89. The van der Waals surface area contributed by atoms with Gasteiger partial charge in [0.2, 0.25) is 5.91 Å². The van der Waals surface area contributed by atoms with Crippen molar-refractivity contribution in [2.45, 2.75) is 26.3 Å². The molecule has 0 fully saturated rings. The van der Waals surface area contributed by atoms with Gasteiger partial charge in [0.1, 0.15) is 0 Å². The summed E-state index contributed by atoms with van der Waals surface area (Å²) in [5.74, 6) is 0.0112.